The number of hydrogen-bond acceptors (Lipinski definition) is 7. The highest BCUT2D eigenvalue weighted by Gasteiger charge is 2.32. The number of nitrogens with one attached hydrogen (secondary N) is 2. The Bertz CT molecular complexity index is 1030. The Hall–Kier alpha value is -2.96. The van der Waals surface area contributed by atoms with Crippen LogP contribution < -0.4 is 20.3 Å². The van der Waals surface area contributed by atoms with E-state index in [-0.39, 0.29) is 41.5 Å². The van der Waals surface area contributed by atoms with Crippen molar-refractivity contribution in [1.29, 1.82) is 0 Å². The van der Waals surface area contributed by atoms with Crippen LogP contribution in [0.2, 0.25) is 0 Å². The van der Waals surface area contributed by atoms with Crippen molar-refractivity contribution < 1.29 is 27.5 Å². The van der Waals surface area contributed by atoms with Gasteiger partial charge in [-0.15, -0.1) is 13.2 Å². The third-order valence-electron chi connectivity index (χ3n) is 4.88. The molecule has 13 heteroatoms. The van der Waals surface area contributed by atoms with Gasteiger partial charge in [0.25, 0.3) is 0 Å². The zero-order valence-corrected chi connectivity index (χ0v) is 19.5. The predicted molar refractivity (Wildman–Crippen MR) is 116 cm³/mol. The van der Waals surface area contributed by atoms with Gasteiger partial charge < -0.3 is 15.0 Å². The highest BCUT2D eigenvalue weighted by Crippen LogP contribution is 2.29. The second-order valence-corrected chi connectivity index (χ2v) is 8.38. The predicted octanol–water partition coefficient (Wildman–Crippen LogP) is 3.33. The number of carbonyl (C=O) groups is 2. The Morgan fingerprint density at radius 1 is 1.21 bits per heavy atom. The Morgan fingerprint density at radius 2 is 1.91 bits per heavy atom. The van der Waals surface area contributed by atoms with Crippen LogP contribution in [0.3, 0.4) is 0 Å². The normalized spacial score (nSPS) is 14.7. The number of amides is 2. The van der Waals surface area contributed by atoms with Crippen molar-refractivity contribution in [1.82, 2.24) is 20.3 Å². The second-order valence-electron chi connectivity index (χ2n) is 7.47. The van der Waals surface area contributed by atoms with E-state index < -0.39 is 6.36 Å². The van der Waals surface area contributed by atoms with Gasteiger partial charge in [-0.25, -0.2) is 0 Å². The molecule has 1 aliphatic rings. The lowest BCUT2D eigenvalue weighted by Crippen LogP contribution is -2.41. The fourth-order valence-corrected chi connectivity index (χ4v) is 3.73. The fraction of sp³-hybridized carbons (Fsp3) is 0.450. The number of piperidine rings is 1. The minimum atomic E-state index is -4.83. The molecule has 2 aromatic rings. The van der Waals surface area contributed by atoms with Gasteiger partial charge in [0.2, 0.25) is 23.7 Å². The van der Waals surface area contributed by atoms with Gasteiger partial charge in [-0.05, 0) is 31.9 Å². The van der Waals surface area contributed by atoms with Gasteiger partial charge in [0.1, 0.15) is 11.6 Å². The Kier molecular flexibility index (Phi) is 7.72. The third-order valence-corrected chi connectivity index (χ3v) is 5.37. The number of benzene rings is 1. The molecule has 2 heterocycles. The summed E-state index contributed by atoms with van der Waals surface area (Å²) in [5, 5.41) is 5.23. The van der Waals surface area contributed by atoms with E-state index in [9.17, 15) is 22.8 Å². The van der Waals surface area contributed by atoms with E-state index in [0.29, 0.717) is 42.2 Å². The molecule has 0 saturated carbocycles. The number of anilines is 2. The summed E-state index contributed by atoms with van der Waals surface area (Å²) in [7, 11) is 0. The van der Waals surface area contributed by atoms with E-state index in [0.717, 1.165) is 0 Å². The molecule has 0 atom stereocenters. The molecule has 9 nitrogen and oxygen atoms in total. The lowest BCUT2D eigenvalue weighted by atomic mass is 9.96. The Labute approximate surface area is 196 Å². The zero-order valence-electron chi connectivity index (χ0n) is 17.9. The number of nitrogens with zero attached hydrogens (tertiary/aromatic N) is 4. The van der Waals surface area contributed by atoms with Gasteiger partial charge in [0.15, 0.2) is 0 Å². The summed E-state index contributed by atoms with van der Waals surface area (Å²) in [6, 6.07) is 4.25. The number of aromatic nitrogens is 3. The minimum absolute atomic E-state index is 0.0928. The highest BCUT2D eigenvalue weighted by molar-refractivity contribution is 9.10. The number of halogens is 4. The average Bonchev–Trinajstić information content (AvgIpc) is 2.71. The molecule has 2 N–H and O–H groups in total. The fourth-order valence-electron chi connectivity index (χ4n) is 3.38. The maximum absolute atomic E-state index is 12.7. The molecule has 0 spiro atoms. The molecule has 33 heavy (non-hydrogen) atoms. The third kappa shape index (κ3) is 7.27. The van der Waals surface area contributed by atoms with Gasteiger partial charge in [0.05, 0.1) is 0 Å². The number of hydrogen-bond donors (Lipinski definition) is 2. The topological polar surface area (TPSA) is 109 Å². The molecule has 1 saturated heterocycles. The summed E-state index contributed by atoms with van der Waals surface area (Å²) in [4.78, 5) is 38.4. The van der Waals surface area contributed by atoms with Gasteiger partial charge in [-0.1, -0.05) is 22.0 Å². The van der Waals surface area contributed by atoms with E-state index in [4.69, 9.17) is 0 Å². The average molecular weight is 531 g/mol. The van der Waals surface area contributed by atoms with Gasteiger partial charge in [0, 0.05) is 42.5 Å². The monoisotopic (exact) mass is 530 g/mol. The Balaban J connectivity index is 1.58. The summed E-state index contributed by atoms with van der Waals surface area (Å²) in [5.41, 5.74) is 0.215. The van der Waals surface area contributed by atoms with Crippen LogP contribution in [-0.2, 0) is 16.1 Å². The lowest BCUT2D eigenvalue weighted by Gasteiger charge is -2.31. The van der Waals surface area contributed by atoms with E-state index >= 15 is 0 Å². The van der Waals surface area contributed by atoms with Crippen LogP contribution in [0.1, 0.15) is 31.2 Å². The van der Waals surface area contributed by atoms with Crippen LogP contribution >= 0.6 is 15.9 Å². The summed E-state index contributed by atoms with van der Waals surface area (Å²) < 4.78 is 42.5. The van der Waals surface area contributed by atoms with Crippen molar-refractivity contribution in [3.8, 4) is 5.75 Å². The summed E-state index contributed by atoms with van der Waals surface area (Å²) in [6.07, 6.45) is -3.81. The van der Waals surface area contributed by atoms with Crippen molar-refractivity contribution in [3.63, 3.8) is 0 Å². The lowest BCUT2D eigenvalue weighted by molar-refractivity contribution is -0.274. The number of alkyl halides is 3. The van der Waals surface area contributed by atoms with Crippen LogP contribution in [0.5, 0.6) is 5.75 Å². The molecule has 1 aromatic heterocycles. The molecule has 0 aliphatic carbocycles. The summed E-state index contributed by atoms with van der Waals surface area (Å²) in [6.45, 7) is 3.96. The zero-order chi connectivity index (χ0) is 24.2. The van der Waals surface area contributed by atoms with Crippen molar-refractivity contribution in [2.75, 3.05) is 23.3 Å². The van der Waals surface area contributed by atoms with Gasteiger partial charge in [-0.3, -0.25) is 14.9 Å². The largest absolute Gasteiger partial charge is 0.573 e. The smallest absolute Gasteiger partial charge is 0.405 e. The quantitative estimate of drug-likeness (QED) is 0.589. The number of aryl methyl sites for hydroxylation is 1. The molecular weight excluding hydrogens is 509 g/mol. The molecule has 1 aliphatic heterocycles. The van der Waals surface area contributed by atoms with Gasteiger partial charge in [-0.2, -0.15) is 15.0 Å². The van der Waals surface area contributed by atoms with Crippen molar-refractivity contribution in [2.24, 2.45) is 5.92 Å². The molecule has 0 unspecified atom stereocenters. The summed E-state index contributed by atoms with van der Waals surface area (Å²) >= 11 is 3.12. The highest BCUT2D eigenvalue weighted by atomic mass is 79.9. The van der Waals surface area contributed by atoms with E-state index in [1.165, 1.54) is 19.1 Å². The molecule has 3 rings (SSSR count). The van der Waals surface area contributed by atoms with E-state index in [1.54, 1.807) is 13.0 Å². The molecule has 0 bridgehead atoms. The van der Waals surface area contributed by atoms with Crippen molar-refractivity contribution in [2.45, 2.75) is 39.6 Å². The maximum Gasteiger partial charge on any atom is 0.573 e. The summed E-state index contributed by atoms with van der Waals surface area (Å²) in [5.74, 6) is -0.188. The molecule has 1 fully saturated rings. The molecule has 0 radical (unpaired) electrons. The van der Waals surface area contributed by atoms with E-state index in [2.05, 4.69) is 46.3 Å². The van der Waals surface area contributed by atoms with Crippen LogP contribution in [0.25, 0.3) is 0 Å². The second kappa shape index (κ2) is 10.3. The molecule has 1 aromatic carbocycles. The number of ether oxygens (including phenoxy) is 1. The minimum Gasteiger partial charge on any atom is -0.405 e. The standard InChI is InChI=1S/C20H22BrF3N6O3/c1-11-26-18(28-12(2)31)29-19(27-11)30-7-5-13(6-8-30)17(32)25-10-14-3-4-15(21)9-16(14)33-20(22,23)24/h3-4,9,13H,5-8,10H2,1-2H3,(H,25,32)(H,26,27,28,29,31). The van der Waals surface area contributed by atoms with Crippen LogP contribution in [0.4, 0.5) is 25.1 Å². The van der Waals surface area contributed by atoms with Crippen molar-refractivity contribution >= 4 is 39.6 Å². The molecular formula is C20H22BrF3N6O3. The van der Waals surface area contributed by atoms with E-state index in [1.807, 2.05) is 4.90 Å². The van der Waals surface area contributed by atoms with Crippen LogP contribution in [-0.4, -0.2) is 46.2 Å². The first-order valence-corrected chi connectivity index (χ1v) is 10.9. The number of carbonyl (C=O) groups excluding carboxylic acids is 2. The van der Waals surface area contributed by atoms with Crippen molar-refractivity contribution in [3.05, 3.63) is 34.1 Å². The molecule has 178 valence electrons. The Morgan fingerprint density at radius 3 is 2.55 bits per heavy atom. The number of rotatable bonds is 6. The molecule has 2 amide bonds. The van der Waals surface area contributed by atoms with Gasteiger partial charge >= 0.3 is 6.36 Å². The first-order valence-electron chi connectivity index (χ1n) is 10.1. The first-order chi connectivity index (χ1) is 15.5. The van der Waals surface area contributed by atoms with Crippen LogP contribution in [0.15, 0.2) is 22.7 Å². The SMILES string of the molecule is CC(=O)Nc1nc(C)nc(N2CCC(C(=O)NCc3ccc(Br)cc3OC(F)(F)F)CC2)n1. The maximum atomic E-state index is 12.7. The van der Waals surface area contributed by atoms with Crippen LogP contribution in [0, 0.1) is 12.8 Å². The first kappa shape index (κ1) is 24.7.